The van der Waals surface area contributed by atoms with Crippen LogP contribution < -0.4 is 5.19 Å². The number of benzene rings is 1. The number of rotatable bonds is 3. The summed E-state index contributed by atoms with van der Waals surface area (Å²) in [4.78, 5) is 0. The zero-order valence-corrected chi connectivity index (χ0v) is 10.00. The van der Waals surface area contributed by atoms with Gasteiger partial charge in [0, 0.05) is 11.3 Å². The fourth-order valence-corrected chi connectivity index (χ4v) is 2.09. The third kappa shape index (κ3) is 2.41. The molecule has 90 valence electrons. The van der Waals surface area contributed by atoms with E-state index in [9.17, 15) is 22.0 Å². The van der Waals surface area contributed by atoms with E-state index in [1.165, 1.54) is 0 Å². The van der Waals surface area contributed by atoms with Crippen LogP contribution in [0.3, 0.4) is 0 Å². The third-order valence-corrected chi connectivity index (χ3v) is 3.60. The summed E-state index contributed by atoms with van der Waals surface area (Å²) < 4.78 is 69.2. The Kier molecular flexibility index (Phi) is 4.03. The van der Waals surface area contributed by atoms with Crippen LogP contribution in [-0.4, -0.2) is 15.9 Å². The molecule has 0 saturated carbocycles. The van der Waals surface area contributed by atoms with Crippen LogP contribution in [0.5, 0.6) is 0 Å². The van der Waals surface area contributed by atoms with Crippen LogP contribution in [0.25, 0.3) is 0 Å². The van der Waals surface area contributed by atoms with Gasteiger partial charge in [-0.1, -0.05) is 0 Å². The molecule has 1 aromatic rings. The first-order chi connectivity index (χ1) is 7.36. The lowest BCUT2D eigenvalue weighted by atomic mass is 10.3. The highest BCUT2D eigenvalue weighted by Crippen LogP contribution is 2.15. The average Bonchev–Trinajstić information content (AvgIpc) is 2.23. The molecule has 0 fully saturated rings. The van der Waals surface area contributed by atoms with Gasteiger partial charge in [-0.3, -0.25) is 0 Å². The predicted molar refractivity (Wildman–Crippen MR) is 50.6 cm³/mol. The van der Waals surface area contributed by atoms with Crippen molar-refractivity contribution in [3.63, 3.8) is 0 Å². The van der Waals surface area contributed by atoms with Crippen LogP contribution in [0.15, 0.2) is 0 Å². The summed E-state index contributed by atoms with van der Waals surface area (Å²) in [5, 5.41) is -0.815. The molecule has 0 saturated heterocycles. The van der Waals surface area contributed by atoms with E-state index in [4.69, 9.17) is 4.43 Å². The van der Waals surface area contributed by atoms with Gasteiger partial charge in [0.05, 0.1) is 0 Å². The van der Waals surface area contributed by atoms with Gasteiger partial charge in [-0.05, 0) is 13.8 Å². The fourth-order valence-electron chi connectivity index (χ4n) is 1.03. The lowest BCUT2D eigenvalue weighted by Crippen LogP contribution is -2.30. The molecule has 0 aliphatic rings. The lowest BCUT2D eigenvalue weighted by molar-refractivity contribution is 0.259. The van der Waals surface area contributed by atoms with E-state index >= 15 is 0 Å². The van der Waals surface area contributed by atoms with Crippen LogP contribution in [-0.2, 0) is 4.43 Å². The molecule has 16 heavy (non-hydrogen) atoms. The average molecular weight is 256 g/mol. The molecule has 0 spiro atoms. The van der Waals surface area contributed by atoms with Crippen molar-refractivity contribution in [2.45, 2.75) is 20.0 Å². The molecule has 0 heterocycles. The van der Waals surface area contributed by atoms with Gasteiger partial charge in [0.1, 0.15) is 0 Å². The third-order valence-electron chi connectivity index (χ3n) is 1.86. The van der Waals surface area contributed by atoms with Gasteiger partial charge in [-0.2, -0.15) is 0 Å². The van der Waals surface area contributed by atoms with Crippen molar-refractivity contribution >= 4 is 14.9 Å². The van der Waals surface area contributed by atoms with E-state index in [0.717, 1.165) is 0 Å². The second-order valence-corrected chi connectivity index (χ2v) is 4.74. The molecule has 0 unspecified atom stereocenters. The predicted octanol–water partition coefficient (Wildman–Crippen LogP) is 1.52. The molecule has 0 aromatic heterocycles. The van der Waals surface area contributed by atoms with E-state index in [-0.39, 0.29) is 6.10 Å². The first kappa shape index (κ1) is 13.1. The molecule has 0 bridgehead atoms. The Morgan fingerprint density at radius 3 is 1.56 bits per heavy atom. The highest BCUT2D eigenvalue weighted by Gasteiger charge is 2.25. The summed E-state index contributed by atoms with van der Waals surface area (Å²) in [6.45, 7) is 3.22. The summed E-state index contributed by atoms with van der Waals surface area (Å²) in [5.41, 5.74) is 0. The molecule has 1 rings (SSSR count). The molecule has 0 radical (unpaired) electrons. The van der Waals surface area contributed by atoms with Gasteiger partial charge in [-0.25, -0.2) is 22.0 Å². The SMILES string of the molecule is CC(C)O[SiH2]c1c(F)c(F)c(F)c(F)c1F. The van der Waals surface area contributed by atoms with Crippen molar-refractivity contribution < 1.29 is 26.4 Å². The topological polar surface area (TPSA) is 9.23 Å². The fraction of sp³-hybridized carbons (Fsp3) is 0.333. The van der Waals surface area contributed by atoms with E-state index in [1.54, 1.807) is 13.8 Å². The maximum Gasteiger partial charge on any atom is 0.200 e. The Morgan fingerprint density at radius 1 is 0.812 bits per heavy atom. The molecular weight excluding hydrogens is 247 g/mol. The maximum atomic E-state index is 13.1. The highest BCUT2D eigenvalue weighted by molar-refractivity contribution is 6.47. The zero-order valence-electron chi connectivity index (χ0n) is 8.58. The number of hydrogen-bond donors (Lipinski definition) is 0. The molecule has 0 N–H and O–H groups in total. The number of halogens is 5. The Labute approximate surface area is 91.2 Å². The van der Waals surface area contributed by atoms with Gasteiger partial charge in [0.15, 0.2) is 33.0 Å². The maximum absolute atomic E-state index is 13.1. The lowest BCUT2D eigenvalue weighted by Gasteiger charge is -2.10. The minimum atomic E-state index is -2.14. The second-order valence-electron chi connectivity index (χ2n) is 3.41. The Bertz CT molecular complexity index is 378. The van der Waals surface area contributed by atoms with Gasteiger partial charge in [0.2, 0.25) is 5.82 Å². The molecule has 0 amide bonds. The Morgan fingerprint density at radius 2 is 1.19 bits per heavy atom. The van der Waals surface area contributed by atoms with E-state index in [0.29, 0.717) is 0 Å². The van der Waals surface area contributed by atoms with Crippen LogP contribution in [0.1, 0.15) is 13.8 Å². The molecule has 0 atom stereocenters. The van der Waals surface area contributed by atoms with Crippen molar-refractivity contribution in [2.24, 2.45) is 0 Å². The second kappa shape index (κ2) is 4.92. The molecular formula is C9H9F5OSi. The van der Waals surface area contributed by atoms with Crippen molar-refractivity contribution in [1.82, 2.24) is 0 Å². The molecule has 0 aliphatic carbocycles. The Hall–Kier alpha value is -0.953. The van der Waals surface area contributed by atoms with Crippen LogP contribution >= 0.6 is 0 Å². The van der Waals surface area contributed by atoms with Crippen LogP contribution in [0.2, 0.25) is 0 Å². The number of hydrogen-bond acceptors (Lipinski definition) is 1. The quantitative estimate of drug-likeness (QED) is 0.345. The summed E-state index contributed by atoms with van der Waals surface area (Å²) in [7, 11) is -1.97. The van der Waals surface area contributed by atoms with Gasteiger partial charge in [0.25, 0.3) is 0 Å². The first-order valence-electron chi connectivity index (χ1n) is 4.48. The van der Waals surface area contributed by atoms with Crippen LogP contribution in [0, 0.1) is 29.1 Å². The van der Waals surface area contributed by atoms with E-state index in [2.05, 4.69) is 0 Å². The Balaban J connectivity index is 3.18. The van der Waals surface area contributed by atoms with Crippen molar-refractivity contribution in [3.05, 3.63) is 29.1 Å². The summed E-state index contributed by atoms with van der Waals surface area (Å²) in [6, 6.07) is 0. The smallest absolute Gasteiger partial charge is 0.200 e. The highest BCUT2D eigenvalue weighted by atomic mass is 28.2. The molecule has 1 nitrogen and oxygen atoms in total. The zero-order chi connectivity index (χ0) is 12.5. The van der Waals surface area contributed by atoms with Crippen molar-refractivity contribution in [3.8, 4) is 0 Å². The standard InChI is InChI=1S/C9H9F5OSi/c1-3(2)15-16-9-7(13)5(11)4(10)6(12)8(9)14/h3H,16H2,1-2H3. The molecule has 1 aromatic carbocycles. The monoisotopic (exact) mass is 256 g/mol. The largest absolute Gasteiger partial charge is 0.416 e. The van der Waals surface area contributed by atoms with Gasteiger partial charge < -0.3 is 4.43 Å². The van der Waals surface area contributed by atoms with Crippen molar-refractivity contribution in [1.29, 1.82) is 0 Å². The van der Waals surface area contributed by atoms with Crippen molar-refractivity contribution in [2.75, 3.05) is 0 Å². The summed E-state index contributed by atoms with van der Waals surface area (Å²) in [5.74, 6) is -9.56. The minimum absolute atomic E-state index is 0.318. The minimum Gasteiger partial charge on any atom is -0.416 e. The van der Waals surface area contributed by atoms with Gasteiger partial charge >= 0.3 is 0 Å². The van der Waals surface area contributed by atoms with Gasteiger partial charge in [-0.15, -0.1) is 0 Å². The van der Waals surface area contributed by atoms with E-state index in [1.807, 2.05) is 0 Å². The summed E-state index contributed by atoms with van der Waals surface area (Å²) >= 11 is 0. The molecule has 7 heteroatoms. The normalized spacial score (nSPS) is 12.0. The first-order valence-corrected chi connectivity index (χ1v) is 5.76. The van der Waals surface area contributed by atoms with E-state index < -0.39 is 44.0 Å². The van der Waals surface area contributed by atoms with Crippen LogP contribution in [0.4, 0.5) is 22.0 Å². The molecule has 0 aliphatic heterocycles. The summed E-state index contributed by atoms with van der Waals surface area (Å²) in [6.07, 6.45) is -0.318.